The van der Waals surface area contributed by atoms with Crippen LogP contribution in [0.1, 0.15) is 50.2 Å². The zero-order valence-corrected chi connectivity index (χ0v) is 13.2. The first-order valence-electron chi connectivity index (χ1n) is 8.11. The molecule has 0 aliphatic heterocycles. The molecule has 1 aliphatic rings. The molecule has 6 heteroatoms. The number of furan rings is 1. The second-order valence-corrected chi connectivity index (χ2v) is 5.73. The van der Waals surface area contributed by atoms with Crippen LogP contribution in [0.2, 0.25) is 0 Å². The summed E-state index contributed by atoms with van der Waals surface area (Å²) in [5.74, 6) is -1.29. The largest absolute Gasteiger partial charge is 0.472 e. The Morgan fingerprint density at radius 2 is 2.00 bits per heavy atom. The predicted molar refractivity (Wildman–Crippen MR) is 85.5 cm³/mol. The van der Waals surface area contributed by atoms with Crippen LogP contribution in [0, 0.1) is 0 Å². The summed E-state index contributed by atoms with van der Waals surface area (Å²) in [7, 11) is 0. The lowest BCUT2D eigenvalue weighted by Gasteiger charge is -2.13. The lowest BCUT2D eigenvalue weighted by molar-refractivity contribution is -0.139. The summed E-state index contributed by atoms with van der Waals surface area (Å²) in [6.45, 7) is 0.708. The zero-order chi connectivity index (χ0) is 16.5. The van der Waals surface area contributed by atoms with E-state index in [4.69, 9.17) is 4.42 Å². The second-order valence-electron chi connectivity index (χ2n) is 5.73. The molecule has 126 valence electrons. The van der Waals surface area contributed by atoms with Crippen molar-refractivity contribution in [1.29, 1.82) is 0 Å². The third-order valence-electron chi connectivity index (χ3n) is 3.95. The molecule has 0 aromatic carbocycles. The summed E-state index contributed by atoms with van der Waals surface area (Å²) in [5, 5.41) is 15.0. The SMILES string of the molecule is O=C(NCCC1=CCCCC1)C(=O)NCC[C@H](O)c1ccoc1. The summed E-state index contributed by atoms with van der Waals surface area (Å²) in [5.41, 5.74) is 2.02. The van der Waals surface area contributed by atoms with E-state index in [1.807, 2.05) is 0 Å². The second kappa shape index (κ2) is 9.15. The minimum Gasteiger partial charge on any atom is -0.472 e. The fourth-order valence-electron chi connectivity index (χ4n) is 2.58. The van der Waals surface area contributed by atoms with Gasteiger partial charge in [-0.15, -0.1) is 0 Å². The number of amides is 2. The third kappa shape index (κ3) is 5.90. The number of nitrogens with one attached hydrogen (secondary N) is 2. The smallest absolute Gasteiger partial charge is 0.309 e. The highest BCUT2D eigenvalue weighted by molar-refractivity contribution is 6.35. The van der Waals surface area contributed by atoms with Crippen molar-refractivity contribution < 1.29 is 19.1 Å². The molecular weight excluding hydrogens is 296 g/mol. The van der Waals surface area contributed by atoms with Gasteiger partial charge >= 0.3 is 11.8 Å². The summed E-state index contributed by atoms with van der Waals surface area (Å²) in [4.78, 5) is 23.3. The molecule has 2 amide bonds. The summed E-state index contributed by atoms with van der Waals surface area (Å²) < 4.78 is 4.88. The van der Waals surface area contributed by atoms with Crippen molar-refractivity contribution in [2.75, 3.05) is 13.1 Å². The molecule has 0 saturated carbocycles. The van der Waals surface area contributed by atoms with Crippen LogP contribution in [-0.2, 0) is 9.59 Å². The van der Waals surface area contributed by atoms with Crippen LogP contribution >= 0.6 is 0 Å². The van der Waals surface area contributed by atoms with Crippen LogP contribution in [0.25, 0.3) is 0 Å². The van der Waals surface area contributed by atoms with Gasteiger partial charge in [-0.05, 0) is 44.6 Å². The van der Waals surface area contributed by atoms with Gasteiger partial charge in [0.1, 0.15) is 0 Å². The lowest BCUT2D eigenvalue weighted by atomic mass is 9.97. The van der Waals surface area contributed by atoms with E-state index in [0.717, 1.165) is 19.3 Å². The zero-order valence-electron chi connectivity index (χ0n) is 13.2. The first kappa shape index (κ1) is 17.3. The number of hydrogen-bond donors (Lipinski definition) is 3. The van der Waals surface area contributed by atoms with Crippen molar-refractivity contribution in [3.05, 3.63) is 35.8 Å². The lowest BCUT2D eigenvalue weighted by Crippen LogP contribution is -2.40. The average Bonchev–Trinajstić information content (AvgIpc) is 3.10. The molecule has 0 spiro atoms. The quantitative estimate of drug-likeness (QED) is 0.528. The van der Waals surface area contributed by atoms with Crippen molar-refractivity contribution in [2.24, 2.45) is 0 Å². The number of carbonyl (C=O) groups excluding carboxylic acids is 2. The highest BCUT2D eigenvalue weighted by Crippen LogP contribution is 2.19. The number of allylic oxidation sites excluding steroid dienone is 1. The Bertz CT molecular complexity index is 537. The molecule has 23 heavy (non-hydrogen) atoms. The van der Waals surface area contributed by atoms with Crippen LogP contribution in [-0.4, -0.2) is 30.0 Å². The van der Waals surface area contributed by atoms with Gasteiger partial charge in [-0.3, -0.25) is 9.59 Å². The molecule has 0 unspecified atom stereocenters. The minimum atomic E-state index is -0.713. The fraction of sp³-hybridized carbons (Fsp3) is 0.529. The van der Waals surface area contributed by atoms with Crippen LogP contribution in [0.5, 0.6) is 0 Å². The fourth-order valence-corrected chi connectivity index (χ4v) is 2.58. The van der Waals surface area contributed by atoms with E-state index in [1.54, 1.807) is 6.07 Å². The first-order valence-corrected chi connectivity index (χ1v) is 8.11. The van der Waals surface area contributed by atoms with E-state index in [1.165, 1.54) is 30.9 Å². The van der Waals surface area contributed by atoms with Crippen molar-refractivity contribution >= 4 is 11.8 Å². The number of carbonyl (C=O) groups is 2. The van der Waals surface area contributed by atoms with Crippen molar-refractivity contribution in [2.45, 2.75) is 44.6 Å². The number of aliphatic hydroxyl groups is 1. The Kier molecular flexibility index (Phi) is 6.87. The molecule has 1 aromatic rings. The molecule has 6 nitrogen and oxygen atoms in total. The van der Waals surface area contributed by atoms with E-state index < -0.39 is 17.9 Å². The molecule has 1 aliphatic carbocycles. The maximum Gasteiger partial charge on any atom is 0.309 e. The van der Waals surface area contributed by atoms with Gasteiger partial charge in [-0.1, -0.05) is 11.6 Å². The molecule has 3 N–H and O–H groups in total. The molecule has 2 rings (SSSR count). The third-order valence-corrected chi connectivity index (χ3v) is 3.95. The maximum atomic E-state index is 11.7. The maximum absolute atomic E-state index is 11.7. The Balaban J connectivity index is 1.59. The minimum absolute atomic E-state index is 0.226. The number of rotatable bonds is 7. The summed E-state index contributed by atoms with van der Waals surface area (Å²) >= 11 is 0. The van der Waals surface area contributed by atoms with Crippen LogP contribution in [0.3, 0.4) is 0 Å². The van der Waals surface area contributed by atoms with E-state index in [9.17, 15) is 14.7 Å². The van der Waals surface area contributed by atoms with Crippen LogP contribution in [0.4, 0.5) is 0 Å². The normalized spacial score (nSPS) is 15.6. The molecule has 0 bridgehead atoms. The average molecular weight is 320 g/mol. The van der Waals surface area contributed by atoms with Crippen molar-refractivity contribution in [3.8, 4) is 0 Å². The van der Waals surface area contributed by atoms with Crippen LogP contribution in [0.15, 0.2) is 34.7 Å². The molecule has 1 atom stereocenters. The van der Waals surface area contributed by atoms with Crippen LogP contribution < -0.4 is 10.6 Å². The standard InChI is InChI=1S/C17H24N2O4/c20-15(14-8-11-23-12-14)7-10-19-17(22)16(21)18-9-6-13-4-2-1-3-5-13/h4,8,11-12,15,20H,1-3,5-7,9-10H2,(H,18,21)(H,19,22)/t15-/m0/s1. The molecule has 0 radical (unpaired) electrons. The van der Waals surface area contributed by atoms with E-state index >= 15 is 0 Å². The van der Waals surface area contributed by atoms with Gasteiger partial charge in [-0.2, -0.15) is 0 Å². The van der Waals surface area contributed by atoms with E-state index in [-0.39, 0.29) is 6.54 Å². The number of hydrogen-bond acceptors (Lipinski definition) is 4. The Morgan fingerprint density at radius 3 is 2.65 bits per heavy atom. The Morgan fingerprint density at radius 1 is 1.22 bits per heavy atom. The molecule has 1 heterocycles. The molecular formula is C17H24N2O4. The van der Waals surface area contributed by atoms with Crippen molar-refractivity contribution in [3.63, 3.8) is 0 Å². The first-order chi connectivity index (χ1) is 11.2. The van der Waals surface area contributed by atoms with Gasteiger partial charge in [0.15, 0.2) is 0 Å². The Hall–Kier alpha value is -2.08. The van der Waals surface area contributed by atoms with Gasteiger partial charge in [0.05, 0.1) is 18.6 Å². The molecule has 0 fully saturated rings. The summed E-state index contributed by atoms with van der Waals surface area (Å²) in [6, 6.07) is 1.67. The summed E-state index contributed by atoms with van der Waals surface area (Å²) in [6.07, 6.45) is 10.2. The van der Waals surface area contributed by atoms with Crippen molar-refractivity contribution in [1.82, 2.24) is 10.6 Å². The van der Waals surface area contributed by atoms with Gasteiger partial charge in [0, 0.05) is 18.7 Å². The van der Waals surface area contributed by atoms with Gasteiger partial charge in [0.2, 0.25) is 0 Å². The van der Waals surface area contributed by atoms with E-state index in [0.29, 0.717) is 18.5 Å². The van der Waals surface area contributed by atoms with E-state index in [2.05, 4.69) is 16.7 Å². The molecule has 1 aromatic heterocycles. The predicted octanol–water partition coefficient (Wildman–Crippen LogP) is 1.83. The van der Waals surface area contributed by atoms with Gasteiger partial charge in [0.25, 0.3) is 0 Å². The number of aliphatic hydroxyl groups excluding tert-OH is 1. The highest BCUT2D eigenvalue weighted by atomic mass is 16.3. The monoisotopic (exact) mass is 320 g/mol. The molecule has 0 saturated heterocycles. The van der Waals surface area contributed by atoms with Gasteiger partial charge in [-0.25, -0.2) is 0 Å². The van der Waals surface area contributed by atoms with Gasteiger partial charge < -0.3 is 20.2 Å². The Labute approximate surface area is 135 Å². The topological polar surface area (TPSA) is 91.6 Å². The highest BCUT2D eigenvalue weighted by Gasteiger charge is 2.14.